The van der Waals surface area contributed by atoms with Crippen LogP contribution in [0.4, 0.5) is 0 Å². The van der Waals surface area contributed by atoms with Crippen molar-refractivity contribution in [3.05, 3.63) is 35.9 Å². The topological polar surface area (TPSA) is 47.9 Å². The largest absolute Gasteiger partial charge is 0.493 e. The first-order chi connectivity index (χ1) is 8.71. The molecule has 0 amide bonds. The van der Waals surface area contributed by atoms with Gasteiger partial charge in [0, 0.05) is 5.92 Å². The van der Waals surface area contributed by atoms with Crippen LogP contribution in [0.2, 0.25) is 0 Å². The van der Waals surface area contributed by atoms with Gasteiger partial charge in [-0.2, -0.15) is 0 Å². The number of hydrogen-bond donors (Lipinski definition) is 1. The van der Waals surface area contributed by atoms with Crippen molar-refractivity contribution in [2.24, 2.45) is 5.92 Å². The summed E-state index contributed by atoms with van der Waals surface area (Å²) in [7, 11) is 3.20. The summed E-state index contributed by atoms with van der Waals surface area (Å²) >= 11 is 0. The molecule has 4 heteroatoms. The van der Waals surface area contributed by atoms with Gasteiger partial charge in [-0.25, -0.2) is 0 Å². The van der Waals surface area contributed by atoms with Gasteiger partial charge in [0.2, 0.25) is 0 Å². The predicted molar refractivity (Wildman–Crippen MR) is 68.0 cm³/mol. The van der Waals surface area contributed by atoms with Gasteiger partial charge in [-0.3, -0.25) is 0 Å². The van der Waals surface area contributed by atoms with E-state index in [9.17, 15) is 5.11 Å². The number of benzene rings is 1. The summed E-state index contributed by atoms with van der Waals surface area (Å²) in [4.78, 5) is 0. The lowest BCUT2D eigenvalue weighted by molar-refractivity contribution is 0.0719. The van der Waals surface area contributed by atoms with Crippen molar-refractivity contribution in [3.8, 4) is 11.5 Å². The molecule has 2 rings (SSSR count). The van der Waals surface area contributed by atoms with E-state index in [1.165, 1.54) is 0 Å². The first kappa shape index (κ1) is 12.9. The van der Waals surface area contributed by atoms with E-state index in [0.717, 1.165) is 11.1 Å². The molecule has 0 unspecified atom stereocenters. The Morgan fingerprint density at radius 2 is 2.06 bits per heavy atom. The Morgan fingerprint density at radius 1 is 1.33 bits per heavy atom. The maximum Gasteiger partial charge on any atom is 0.161 e. The fourth-order valence-corrected chi connectivity index (χ4v) is 2.22. The van der Waals surface area contributed by atoms with Crippen LogP contribution >= 0.6 is 0 Å². The van der Waals surface area contributed by atoms with Gasteiger partial charge in [0.25, 0.3) is 0 Å². The minimum absolute atomic E-state index is 0.0395. The molecule has 1 heterocycles. The van der Waals surface area contributed by atoms with Crippen molar-refractivity contribution < 1.29 is 19.3 Å². The highest BCUT2D eigenvalue weighted by Crippen LogP contribution is 2.39. The lowest BCUT2D eigenvalue weighted by Crippen LogP contribution is -2.12. The van der Waals surface area contributed by atoms with Crippen molar-refractivity contribution >= 4 is 0 Å². The highest BCUT2D eigenvalue weighted by Gasteiger charge is 2.32. The Morgan fingerprint density at radius 3 is 2.67 bits per heavy atom. The number of ether oxygens (including phenoxy) is 3. The predicted octanol–water partition coefficient (Wildman–Crippen LogP) is 1.94. The second-order valence-electron chi connectivity index (χ2n) is 4.29. The summed E-state index contributed by atoms with van der Waals surface area (Å²) < 4.78 is 16.1. The Kier molecular flexibility index (Phi) is 3.89. The van der Waals surface area contributed by atoms with Gasteiger partial charge < -0.3 is 19.3 Å². The van der Waals surface area contributed by atoms with Crippen molar-refractivity contribution in [3.63, 3.8) is 0 Å². The molecule has 1 aromatic carbocycles. The molecule has 0 aromatic heterocycles. The molecule has 0 saturated carbocycles. The average Bonchev–Trinajstić information content (AvgIpc) is 2.78. The van der Waals surface area contributed by atoms with Crippen LogP contribution < -0.4 is 9.47 Å². The van der Waals surface area contributed by atoms with E-state index in [4.69, 9.17) is 14.2 Å². The molecule has 98 valence electrons. The van der Waals surface area contributed by atoms with Crippen molar-refractivity contribution in [1.82, 2.24) is 0 Å². The molecule has 0 spiro atoms. The highest BCUT2D eigenvalue weighted by atomic mass is 16.5. The molecule has 2 atom stereocenters. The molecule has 0 aliphatic carbocycles. The monoisotopic (exact) mass is 250 g/mol. The molecule has 1 N–H and O–H groups in total. The van der Waals surface area contributed by atoms with E-state index in [1.54, 1.807) is 14.2 Å². The third-order valence-electron chi connectivity index (χ3n) is 3.27. The van der Waals surface area contributed by atoms with E-state index < -0.39 is 0 Å². The molecule has 1 fully saturated rings. The molecule has 1 aromatic rings. The van der Waals surface area contributed by atoms with E-state index >= 15 is 0 Å². The molecular weight excluding hydrogens is 232 g/mol. The van der Waals surface area contributed by atoms with Gasteiger partial charge in [0.05, 0.1) is 33.5 Å². The van der Waals surface area contributed by atoms with Crippen molar-refractivity contribution in [2.75, 3.05) is 27.4 Å². The van der Waals surface area contributed by atoms with E-state index in [2.05, 4.69) is 6.58 Å². The average molecular weight is 250 g/mol. The standard InChI is InChI=1S/C14H18O4/c1-9-8-18-14(11(9)7-15)10-4-5-12(16-2)13(6-10)17-3/h4-6,11,14-15H,1,7-8H2,2-3H3/t11-,14+/m0/s1. The van der Waals surface area contributed by atoms with Crippen LogP contribution in [0.25, 0.3) is 0 Å². The normalized spacial score (nSPS) is 23.2. The Balaban J connectivity index is 2.31. The smallest absolute Gasteiger partial charge is 0.161 e. The van der Waals surface area contributed by atoms with Crippen LogP contribution in [0.5, 0.6) is 11.5 Å². The first-order valence-electron chi connectivity index (χ1n) is 5.83. The zero-order valence-electron chi connectivity index (χ0n) is 10.7. The Bertz CT molecular complexity index is 441. The molecule has 1 aliphatic heterocycles. The minimum Gasteiger partial charge on any atom is -0.493 e. The van der Waals surface area contributed by atoms with Gasteiger partial charge in [-0.15, -0.1) is 0 Å². The maximum absolute atomic E-state index is 9.40. The van der Waals surface area contributed by atoms with Gasteiger partial charge in [0.15, 0.2) is 11.5 Å². The summed E-state index contributed by atoms with van der Waals surface area (Å²) in [5.41, 5.74) is 1.89. The highest BCUT2D eigenvalue weighted by molar-refractivity contribution is 5.44. The van der Waals surface area contributed by atoms with Gasteiger partial charge in [-0.1, -0.05) is 12.6 Å². The molecule has 1 saturated heterocycles. The third-order valence-corrected chi connectivity index (χ3v) is 3.27. The minimum atomic E-state index is -0.165. The van der Waals surface area contributed by atoms with Crippen LogP contribution in [-0.4, -0.2) is 32.5 Å². The SMILES string of the molecule is C=C1CO[C@H](c2ccc(OC)c(OC)c2)[C@H]1CO. The Hall–Kier alpha value is -1.52. The molecule has 1 aliphatic rings. The molecule has 18 heavy (non-hydrogen) atoms. The lowest BCUT2D eigenvalue weighted by atomic mass is 9.93. The van der Waals surface area contributed by atoms with Gasteiger partial charge in [-0.05, 0) is 23.3 Å². The summed E-state index contributed by atoms with van der Waals surface area (Å²) in [5.74, 6) is 1.29. The fourth-order valence-electron chi connectivity index (χ4n) is 2.22. The number of aliphatic hydroxyl groups excluding tert-OH is 1. The van der Waals surface area contributed by atoms with E-state index in [-0.39, 0.29) is 18.6 Å². The van der Waals surface area contributed by atoms with Crippen LogP contribution in [-0.2, 0) is 4.74 Å². The summed E-state index contributed by atoms with van der Waals surface area (Å²) in [6.45, 7) is 4.45. The first-order valence-corrected chi connectivity index (χ1v) is 5.83. The summed E-state index contributed by atoms with van der Waals surface area (Å²) in [6.07, 6.45) is -0.165. The lowest BCUT2D eigenvalue weighted by Gasteiger charge is -2.18. The van der Waals surface area contributed by atoms with Crippen LogP contribution in [0.1, 0.15) is 11.7 Å². The zero-order valence-corrected chi connectivity index (χ0v) is 10.7. The quantitative estimate of drug-likeness (QED) is 0.830. The molecular formula is C14H18O4. The van der Waals surface area contributed by atoms with Gasteiger partial charge in [0.1, 0.15) is 0 Å². The van der Waals surface area contributed by atoms with Crippen molar-refractivity contribution in [2.45, 2.75) is 6.10 Å². The maximum atomic E-state index is 9.40. The van der Waals surface area contributed by atoms with Crippen molar-refractivity contribution in [1.29, 1.82) is 0 Å². The zero-order chi connectivity index (χ0) is 13.1. The number of aliphatic hydroxyl groups is 1. The number of hydrogen-bond acceptors (Lipinski definition) is 4. The van der Waals surface area contributed by atoms with Gasteiger partial charge >= 0.3 is 0 Å². The third kappa shape index (κ3) is 2.21. The summed E-state index contributed by atoms with van der Waals surface area (Å²) in [6, 6.07) is 5.64. The Labute approximate surface area is 107 Å². The summed E-state index contributed by atoms with van der Waals surface area (Å²) in [5, 5.41) is 9.40. The van der Waals surface area contributed by atoms with Crippen LogP contribution in [0.3, 0.4) is 0 Å². The van der Waals surface area contributed by atoms with E-state index in [0.29, 0.717) is 18.1 Å². The molecule has 0 radical (unpaired) electrons. The second-order valence-corrected chi connectivity index (χ2v) is 4.29. The fraction of sp³-hybridized carbons (Fsp3) is 0.429. The number of rotatable bonds is 4. The second kappa shape index (κ2) is 5.42. The van der Waals surface area contributed by atoms with Crippen LogP contribution in [0.15, 0.2) is 30.4 Å². The number of methoxy groups -OCH3 is 2. The molecule has 4 nitrogen and oxygen atoms in total. The molecule has 0 bridgehead atoms. The van der Waals surface area contributed by atoms with Crippen LogP contribution in [0, 0.1) is 5.92 Å². The van der Waals surface area contributed by atoms with E-state index in [1.807, 2.05) is 18.2 Å².